The van der Waals surface area contributed by atoms with Gasteiger partial charge in [-0.25, -0.2) is 9.97 Å². The summed E-state index contributed by atoms with van der Waals surface area (Å²) in [4.78, 5) is 30.4. The average molecular weight is 267 g/mol. The van der Waals surface area contributed by atoms with Crippen LogP contribution in [0, 0.1) is 6.92 Å². The van der Waals surface area contributed by atoms with Crippen LogP contribution in [0.3, 0.4) is 0 Å². The standard InChI is InChI=1S/C15H13N3O2/c1-9-6-13(17-14(8-19)16-9)11-2-4-12-10(7-11)3-5-15(20)18-12/h2,4,6-8H,3,5H2,1H3,(H,18,20). The molecule has 0 fully saturated rings. The number of benzene rings is 1. The largest absolute Gasteiger partial charge is 0.326 e. The van der Waals surface area contributed by atoms with E-state index in [0.29, 0.717) is 12.7 Å². The van der Waals surface area contributed by atoms with Gasteiger partial charge in [0.25, 0.3) is 0 Å². The van der Waals surface area contributed by atoms with Crippen molar-refractivity contribution in [3.05, 3.63) is 41.3 Å². The van der Waals surface area contributed by atoms with E-state index in [4.69, 9.17) is 0 Å². The Morgan fingerprint density at radius 1 is 1.20 bits per heavy atom. The smallest absolute Gasteiger partial charge is 0.224 e. The van der Waals surface area contributed by atoms with E-state index in [9.17, 15) is 9.59 Å². The lowest BCUT2D eigenvalue weighted by Crippen LogP contribution is -2.18. The Labute approximate surface area is 116 Å². The molecule has 1 amide bonds. The molecule has 5 heteroatoms. The van der Waals surface area contributed by atoms with Crippen molar-refractivity contribution in [2.75, 3.05) is 5.32 Å². The SMILES string of the molecule is Cc1cc(-c2ccc3c(c2)CCC(=O)N3)nc(C=O)n1. The molecule has 2 aromatic rings. The molecule has 1 aromatic carbocycles. The predicted molar refractivity (Wildman–Crippen MR) is 74.5 cm³/mol. The van der Waals surface area contributed by atoms with Crippen LogP contribution in [0.4, 0.5) is 5.69 Å². The molecular formula is C15H13N3O2. The molecule has 0 saturated carbocycles. The lowest BCUT2D eigenvalue weighted by Gasteiger charge is -2.17. The molecule has 0 unspecified atom stereocenters. The second kappa shape index (κ2) is 4.85. The van der Waals surface area contributed by atoms with E-state index in [1.165, 1.54) is 0 Å². The molecule has 3 rings (SSSR count). The normalized spacial score (nSPS) is 13.6. The van der Waals surface area contributed by atoms with Gasteiger partial charge < -0.3 is 5.32 Å². The summed E-state index contributed by atoms with van der Waals surface area (Å²) in [6, 6.07) is 7.61. The average Bonchev–Trinajstić information content (AvgIpc) is 2.46. The van der Waals surface area contributed by atoms with Gasteiger partial charge in [-0.05, 0) is 37.1 Å². The van der Waals surface area contributed by atoms with Gasteiger partial charge in [-0.15, -0.1) is 0 Å². The number of hydrogen-bond donors (Lipinski definition) is 1. The molecule has 1 N–H and O–H groups in total. The van der Waals surface area contributed by atoms with Crippen LogP contribution in [0.25, 0.3) is 11.3 Å². The number of aryl methyl sites for hydroxylation is 2. The summed E-state index contributed by atoms with van der Waals surface area (Å²) in [5, 5.41) is 2.84. The fourth-order valence-corrected chi connectivity index (χ4v) is 2.33. The number of carbonyl (C=O) groups excluding carboxylic acids is 2. The number of rotatable bonds is 2. The Hall–Kier alpha value is -2.56. The molecule has 1 aliphatic rings. The van der Waals surface area contributed by atoms with E-state index in [1.807, 2.05) is 31.2 Å². The zero-order chi connectivity index (χ0) is 14.1. The zero-order valence-electron chi connectivity index (χ0n) is 11.0. The van der Waals surface area contributed by atoms with E-state index in [1.54, 1.807) is 0 Å². The topological polar surface area (TPSA) is 72.0 Å². The third kappa shape index (κ3) is 2.30. The van der Waals surface area contributed by atoms with Crippen molar-refractivity contribution in [3.8, 4) is 11.3 Å². The van der Waals surface area contributed by atoms with E-state index in [2.05, 4.69) is 15.3 Å². The van der Waals surface area contributed by atoms with Gasteiger partial charge in [0.1, 0.15) is 0 Å². The number of aromatic nitrogens is 2. The van der Waals surface area contributed by atoms with Gasteiger partial charge in [0.05, 0.1) is 5.69 Å². The number of carbonyl (C=O) groups is 2. The minimum Gasteiger partial charge on any atom is -0.326 e. The number of nitrogens with zero attached hydrogens (tertiary/aromatic N) is 2. The highest BCUT2D eigenvalue weighted by Crippen LogP contribution is 2.28. The first-order valence-electron chi connectivity index (χ1n) is 6.40. The highest BCUT2D eigenvalue weighted by atomic mass is 16.1. The van der Waals surface area contributed by atoms with Gasteiger partial charge in [0.15, 0.2) is 12.1 Å². The van der Waals surface area contributed by atoms with Gasteiger partial charge in [0, 0.05) is 23.4 Å². The molecule has 0 saturated heterocycles. The minimum atomic E-state index is 0.0476. The third-order valence-corrected chi connectivity index (χ3v) is 3.27. The van der Waals surface area contributed by atoms with Gasteiger partial charge in [-0.1, -0.05) is 6.07 Å². The summed E-state index contributed by atoms with van der Waals surface area (Å²) < 4.78 is 0. The summed E-state index contributed by atoms with van der Waals surface area (Å²) in [5.41, 5.74) is 4.34. The maximum Gasteiger partial charge on any atom is 0.224 e. The first kappa shape index (κ1) is 12.5. The molecular weight excluding hydrogens is 254 g/mol. The first-order valence-corrected chi connectivity index (χ1v) is 6.40. The number of amides is 1. The molecule has 1 aromatic heterocycles. The van der Waals surface area contributed by atoms with Crippen molar-refractivity contribution < 1.29 is 9.59 Å². The van der Waals surface area contributed by atoms with Crippen molar-refractivity contribution in [1.29, 1.82) is 0 Å². The molecule has 5 nitrogen and oxygen atoms in total. The van der Waals surface area contributed by atoms with E-state index >= 15 is 0 Å². The highest BCUT2D eigenvalue weighted by molar-refractivity contribution is 5.94. The Balaban J connectivity index is 2.05. The van der Waals surface area contributed by atoms with Crippen molar-refractivity contribution in [1.82, 2.24) is 9.97 Å². The maximum absolute atomic E-state index is 11.3. The summed E-state index contributed by atoms with van der Waals surface area (Å²) >= 11 is 0. The maximum atomic E-state index is 11.3. The molecule has 20 heavy (non-hydrogen) atoms. The quantitative estimate of drug-likeness (QED) is 0.846. The predicted octanol–water partition coefficient (Wildman–Crippen LogP) is 2.15. The van der Waals surface area contributed by atoms with Crippen LogP contribution in [0.15, 0.2) is 24.3 Å². The fraction of sp³-hybridized carbons (Fsp3) is 0.200. The van der Waals surface area contributed by atoms with E-state index in [-0.39, 0.29) is 11.7 Å². The molecule has 0 bridgehead atoms. The molecule has 0 aliphatic carbocycles. The number of anilines is 1. The Morgan fingerprint density at radius 2 is 2.05 bits per heavy atom. The molecule has 0 radical (unpaired) electrons. The zero-order valence-corrected chi connectivity index (χ0v) is 11.0. The lowest BCUT2D eigenvalue weighted by atomic mass is 9.99. The van der Waals surface area contributed by atoms with E-state index < -0.39 is 0 Å². The van der Waals surface area contributed by atoms with Crippen LogP contribution in [0.2, 0.25) is 0 Å². The second-order valence-corrected chi connectivity index (χ2v) is 4.79. The van der Waals surface area contributed by atoms with Crippen LogP contribution in [-0.4, -0.2) is 22.2 Å². The monoisotopic (exact) mass is 267 g/mol. The first-order chi connectivity index (χ1) is 9.65. The highest BCUT2D eigenvalue weighted by Gasteiger charge is 2.15. The minimum absolute atomic E-state index is 0.0476. The van der Waals surface area contributed by atoms with Gasteiger partial charge >= 0.3 is 0 Å². The van der Waals surface area contributed by atoms with Gasteiger partial charge in [0.2, 0.25) is 5.91 Å². The van der Waals surface area contributed by atoms with Gasteiger partial charge in [-0.2, -0.15) is 0 Å². The number of aldehydes is 1. The van der Waals surface area contributed by atoms with Crippen molar-refractivity contribution in [2.45, 2.75) is 19.8 Å². The van der Waals surface area contributed by atoms with Crippen molar-refractivity contribution in [3.63, 3.8) is 0 Å². The molecule has 1 aliphatic heterocycles. The van der Waals surface area contributed by atoms with Crippen LogP contribution in [0.5, 0.6) is 0 Å². The molecule has 2 heterocycles. The Morgan fingerprint density at radius 3 is 2.85 bits per heavy atom. The third-order valence-electron chi connectivity index (χ3n) is 3.27. The molecule has 0 spiro atoms. The summed E-state index contributed by atoms with van der Waals surface area (Å²) in [6.07, 6.45) is 1.87. The van der Waals surface area contributed by atoms with Crippen LogP contribution >= 0.6 is 0 Å². The molecule has 100 valence electrons. The van der Waals surface area contributed by atoms with Crippen LogP contribution < -0.4 is 5.32 Å². The number of hydrogen-bond acceptors (Lipinski definition) is 4. The van der Waals surface area contributed by atoms with Crippen molar-refractivity contribution >= 4 is 17.9 Å². The molecule has 0 atom stereocenters. The van der Waals surface area contributed by atoms with E-state index in [0.717, 1.165) is 34.6 Å². The Kier molecular flexibility index (Phi) is 3.02. The fourth-order valence-electron chi connectivity index (χ4n) is 2.33. The summed E-state index contributed by atoms with van der Waals surface area (Å²) in [7, 11) is 0. The number of nitrogens with one attached hydrogen (secondary N) is 1. The Bertz CT molecular complexity index is 710. The van der Waals surface area contributed by atoms with Crippen molar-refractivity contribution in [2.24, 2.45) is 0 Å². The summed E-state index contributed by atoms with van der Waals surface area (Å²) in [5.74, 6) is 0.234. The number of fused-ring (bicyclic) bond motifs is 1. The second-order valence-electron chi connectivity index (χ2n) is 4.79. The van der Waals surface area contributed by atoms with Gasteiger partial charge in [-0.3, -0.25) is 9.59 Å². The lowest BCUT2D eigenvalue weighted by molar-refractivity contribution is -0.116. The van der Waals surface area contributed by atoms with Crippen LogP contribution in [-0.2, 0) is 11.2 Å². The van der Waals surface area contributed by atoms with Crippen LogP contribution in [0.1, 0.15) is 28.3 Å². The summed E-state index contributed by atoms with van der Waals surface area (Å²) in [6.45, 7) is 1.83.